The van der Waals surface area contributed by atoms with E-state index in [1.165, 1.54) is 25.3 Å². The molecule has 7 nitrogen and oxygen atoms in total. The lowest BCUT2D eigenvalue weighted by Gasteiger charge is -2.26. The summed E-state index contributed by atoms with van der Waals surface area (Å²) in [6.07, 6.45) is 1.78. The molecule has 0 saturated carbocycles. The van der Waals surface area contributed by atoms with Crippen LogP contribution in [0.25, 0.3) is 0 Å². The summed E-state index contributed by atoms with van der Waals surface area (Å²) in [5.74, 6) is -0.148. The van der Waals surface area contributed by atoms with Gasteiger partial charge in [-0.25, -0.2) is 8.42 Å². The van der Waals surface area contributed by atoms with Crippen LogP contribution in [0.3, 0.4) is 0 Å². The highest BCUT2D eigenvalue weighted by molar-refractivity contribution is 7.92. The van der Waals surface area contributed by atoms with Crippen molar-refractivity contribution in [3.8, 4) is 5.75 Å². The fraction of sp³-hybridized carbons (Fsp3) is 0.381. The van der Waals surface area contributed by atoms with Gasteiger partial charge in [0.2, 0.25) is 5.91 Å². The van der Waals surface area contributed by atoms with Crippen LogP contribution in [0.2, 0.25) is 5.02 Å². The molecule has 0 aliphatic carbocycles. The normalized spacial score (nSPS) is 16.3. The van der Waals surface area contributed by atoms with Gasteiger partial charge in [0.25, 0.3) is 10.0 Å². The van der Waals surface area contributed by atoms with E-state index in [0.717, 1.165) is 22.7 Å². The predicted octanol–water partition coefficient (Wildman–Crippen LogP) is 3.15. The average molecular weight is 453 g/mol. The van der Waals surface area contributed by atoms with Gasteiger partial charge < -0.3 is 14.8 Å². The van der Waals surface area contributed by atoms with Crippen molar-refractivity contribution in [1.29, 1.82) is 0 Å². The molecule has 0 aromatic heterocycles. The Hall–Kier alpha value is -2.29. The third kappa shape index (κ3) is 5.24. The number of nitrogens with zero attached hydrogens (tertiary/aromatic N) is 1. The van der Waals surface area contributed by atoms with Crippen LogP contribution in [-0.2, 0) is 19.6 Å². The monoisotopic (exact) mass is 452 g/mol. The summed E-state index contributed by atoms with van der Waals surface area (Å²) in [6, 6.07) is 11.1. The number of aryl methyl sites for hydroxylation is 1. The molecule has 162 valence electrons. The van der Waals surface area contributed by atoms with Gasteiger partial charge in [-0.2, -0.15) is 0 Å². The van der Waals surface area contributed by atoms with Crippen LogP contribution in [-0.4, -0.2) is 47.2 Å². The van der Waals surface area contributed by atoms with Crippen molar-refractivity contribution in [3.05, 3.63) is 53.1 Å². The van der Waals surface area contributed by atoms with Crippen molar-refractivity contribution in [1.82, 2.24) is 5.32 Å². The molecule has 0 unspecified atom stereocenters. The minimum Gasteiger partial charge on any atom is -0.495 e. The summed E-state index contributed by atoms with van der Waals surface area (Å²) in [5.41, 5.74) is 1.12. The molecule has 1 saturated heterocycles. The highest BCUT2D eigenvalue weighted by Gasteiger charge is 2.30. The molecule has 1 fully saturated rings. The maximum atomic E-state index is 13.4. The first-order chi connectivity index (χ1) is 14.3. The van der Waals surface area contributed by atoms with Crippen molar-refractivity contribution in [2.75, 3.05) is 31.1 Å². The number of ether oxygens (including phenoxy) is 2. The van der Waals surface area contributed by atoms with Gasteiger partial charge in [0.05, 0.1) is 23.8 Å². The van der Waals surface area contributed by atoms with E-state index in [4.69, 9.17) is 21.1 Å². The fourth-order valence-corrected chi connectivity index (χ4v) is 4.80. The number of methoxy groups -OCH3 is 1. The molecule has 2 aromatic carbocycles. The first-order valence-corrected chi connectivity index (χ1v) is 11.4. The van der Waals surface area contributed by atoms with E-state index in [0.29, 0.717) is 23.9 Å². The summed E-state index contributed by atoms with van der Waals surface area (Å²) in [5, 5.41) is 3.09. The Kier molecular flexibility index (Phi) is 7.23. The third-order valence-electron chi connectivity index (χ3n) is 4.86. The first-order valence-electron chi connectivity index (χ1n) is 9.62. The minimum atomic E-state index is -4.05. The van der Waals surface area contributed by atoms with Crippen molar-refractivity contribution in [3.63, 3.8) is 0 Å². The number of benzene rings is 2. The zero-order chi connectivity index (χ0) is 21.7. The smallest absolute Gasteiger partial charge is 0.264 e. The quantitative estimate of drug-likeness (QED) is 0.665. The standard InChI is InChI=1S/C21H25ClN2O5S/c1-15-5-8-18(9-6-15)30(26,27)24(19-12-16(22)7-10-20(19)28-2)14-21(25)23-13-17-4-3-11-29-17/h5-10,12,17H,3-4,11,13-14H2,1-2H3,(H,23,25)/t17-/m0/s1. The number of hydrogen-bond acceptors (Lipinski definition) is 5. The summed E-state index contributed by atoms with van der Waals surface area (Å²) in [6.45, 7) is 2.46. The number of carbonyl (C=O) groups excluding carboxylic acids is 1. The Morgan fingerprint density at radius 1 is 1.27 bits per heavy atom. The maximum absolute atomic E-state index is 13.4. The number of halogens is 1. The second-order valence-corrected chi connectivity index (χ2v) is 9.38. The molecule has 9 heteroatoms. The average Bonchev–Trinajstić information content (AvgIpc) is 3.24. The van der Waals surface area contributed by atoms with Crippen LogP contribution in [0.15, 0.2) is 47.4 Å². The minimum absolute atomic E-state index is 0.0446. The molecule has 0 radical (unpaired) electrons. The molecule has 1 heterocycles. The fourth-order valence-electron chi connectivity index (χ4n) is 3.21. The number of sulfonamides is 1. The Bertz CT molecular complexity index is 989. The lowest BCUT2D eigenvalue weighted by molar-refractivity contribution is -0.120. The topological polar surface area (TPSA) is 84.9 Å². The Labute approximate surface area is 182 Å². The van der Waals surface area contributed by atoms with Crippen LogP contribution in [0.5, 0.6) is 5.75 Å². The van der Waals surface area contributed by atoms with E-state index in [1.807, 2.05) is 6.92 Å². The van der Waals surface area contributed by atoms with Crippen molar-refractivity contribution in [2.24, 2.45) is 0 Å². The van der Waals surface area contributed by atoms with Crippen molar-refractivity contribution < 1.29 is 22.7 Å². The summed E-state index contributed by atoms with van der Waals surface area (Å²) in [7, 11) is -2.62. The van der Waals surface area contributed by atoms with E-state index in [2.05, 4.69) is 5.32 Å². The first kappa shape index (κ1) is 22.4. The highest BCUT2D eigenvalue weighted by Crippen LogP contribution is 2.34. The Morgan fingerprint density at radius 3 is 2.63 bits per heavy atom. The highest BCUT2D eigenvalue weighted by atomic mass is 35.5. The Balaban J connectivity index is 1.93. The van der Waals surface area contributed by atoms with Gasteiger partial charge in [0.15, 0.2) is 0 Å². The Morgan fingerprint density at radius 2 is 2.00 bits per heavy atom. The SMILES string of the molecule is COc1ccc(Cl)cc1N(CC(=O)NC[C@@H]1CCCO1)S(=O)(=O)c1ccc(C)cc1. The van der Waals surface area contributed by atoms with Gasteiger partial charge in [0.1, 0.15) is 12.3 Å². The molecule has 1 atom stereocenters. The molecule has 3 rings (SSSR count). The number of nitrogens with one attached hydrogen (secondary N) is 1. The largest absolute Gasteiger partial charge is 0.495 e. The van der Waals surface area contributed by atoms with Gasteiger partial charge >= 0.3 is 0 Å². The van der Waals surface area contributed by atoms with Crippen LogP contribution in [0.1, 0.15) is 18.4 Å². The summed E-state index contributed by atoms with van der Waals surface area (Å²) < 4.78 is 38.8. The van der Waals surface area contributed by atoms with Crippen LogP contribution < -0.4 is 14.4 Å². The number of carbonyl (C=O) groups is 1. The van der Waals surface area contributed by atoms with Gasteiger partial charge in [-0.1, -0.05) is 29.3 Å². The molecular formula is C21H25ClN2O5S. The van der Waals surface area contributed by atoms with E-state index in [1.54, 1.807) is 24.3 Å². The number of amides is 1. The predicted molar refractivity (Wildman–Crippen MR) is 116 cm³/mol. The molecule has 2 aromatic rings. The van der Waals surface area contributed by atoms with Gasteiger partial charge in [0, 0.05) is 18.2 Å². The molecule has 0 spiro atoms. The number of anilines is 1. The third-order valence-corrected chi connectivity index (χ3v) is 6.87. The molecule has 1 amide bonds. The van der Waals surface area contributed by atoms with Gasteiger partial charge in [-0.3, -0.25) is 9.10 Å². The lowest BCUT2D eigenvalue weighted by Crippen LogP contribution is -2.43. The van der Waals surface area contributed by atoms with Crippen molar-refractivity contribution >= 4 is 33.2 Å². The molecular weight excluding hydrogens is 428 g/mol. The lowest BCUT2D eigenvalue weighted by atomic mass is 10.2. The summed E-state index contributed by atoms with van der Waals surface area (Å²) in [4.78, 5) is 12.7. The molecule has 1 aliphatic heterocycles. The maximum Gasteiger partial charge on any atom is 0.264 e. The van der Waals surface area contributed by atoms with E-state index >= 15 is 0 Å². The van der Waals surface area contributed by atoms with Crippen LogP contribution >= 0.6 is 11.6 Å². The second kappa shape index (κ2) is 9.68. The molecule has 0 bridgehead atoms. The number of hydrogen-bond donors (Lipinski definition) is 1. The van der Waals surface area contributed by atoms with Gasteiger partial charge in [-0.05, 0) is 50.1 Å². The van der Waals surface area contributed by atoms with Crippen LogP contribution in [0.4, 0.5) is 5.69 Å². The zero-order valence-corrected chi connectivity index (χ0v) is 18.5. The number of rotatable bonds is 8. The zero-order valence-electron chi connectivity index (χ0n) is 16.9. The second-order valence-electron chi connectivity index (χ2n) is 7.08. The summed E-state index contributed by atoms with van der Waals surface area (Å²) >= 11 is 6.12. The molecule has 30 heavy (non-hydrogen) atoms. The van der Waals surface area contributed by atoms with E-state index in [-0.39, 0.29) is 16.7 Å². The van der Waals surface area contributed by atoms with Crippen molar-refractivity contribution in [2.45, 2.75) is 30.8 Å². The molecule has 1 aliphatic rings. The molecule has 1 N–H and O–H groups in total. The van der Waals surface area contributed by atoms with Crippen LogP contribution in [0, 0.1) is 6.92 Å². The van der Waals surface area contributed by atoms with E-state index < -0.39 is 22.5 Å². The van der Waals surface area contributed by atoms with Gasteiger partial charge in [-0.15, -0.1) is 0 Å². The van der Waals surface area contributed by atoms with E-state index in [9.17, 15) is 13.2 Å².